The first kappa shape index (κ1) is 11.1. The van der Waals surface area contributed by atoms with E-state index >= 15 is 0 Å². The van der Waals surface area contributed by atoms with Crippen LogP contribution in [0.25, 0.3) is 0 Å². The summed E-state index contributed by atoms with van der Waals surface area (Å²) in [5.41, 5.74) is 2.00. The van der Waals surface area contributed by atoms with Crippen LogP contribution in [-0.2, 0) is 6.42 Å². The molecule has 88 valence electrons. The molecule has 1 aromatic heterocycles. The Kier molecular flexibility index (Phi) is 3.01. The number of hydrogen-bond donors (Lipinski definition) is 0. The zero-order chi connectivity index (χ0) is 11.0. The Balaban J connectivity index is 1.67. The molecule has 0 spiro atoms. The van der Waals surface area contributed by atoms with Crippen LogP contribution in [-0.4, -0.2) is 5.88 Å². The molecule has 3 atom stereocenters. The van der Waals surface area contributed by atoms with Crippen molar-refractivity contribution in [3.8, 4) is 0 Å². The summed E-state index contributed by atoms with van der Waals surface area (Å²) < 4.78 is 0. The van der Waals surface area contributed by atoms with Crippen molar-refractivity contribution in [3.05, 3.63) is 22.4 Å². The minimum Gasteiger partial charge on any atom is -0.152 e. The van der Waals surface area contributed by atoms with Crippen LogP contribution >= 0.6 is 22.9 Å². The number of thiophene rings is 1. The Hall–Kier alpha value is -0.0100. The number of fused-ring (bicyclic) bond motifs is 2. The third-order valence-corrected chi connectivity index (χ3v) is 6.12. The van der Waals surface area contributed by atoms with Gasteiger partial charge >= 0.3 is 0 Å². The van der Waals surface area contributed by atoms with E-state index in [4.69, 9.17) is 11.6 Å². The standard InChI is InChI=1S/C14H19ClS/c15-10-14(5-3-11-4-6-16-9-11)8-12-1-2-13(14)7-12/h4,6,9,12-13H,1-3,5,7-8,10H2. The molecule has 2 aliphatic rings. The molecule has 3 unspecified atom stereocenters. The molecular weight excluding hydrogens is 236 g/mol. The van der Waals surface area contributed by atoms with Gasteiger partial charge < -0.3 is 0 Å². The highest BCUT2D eigenvalue weighted by Gasteiger charge is 2.49. The van der Waals surface area contributed by atoms with Gasteiger partial charge in [0, 0.05) is 5.88 Å². The molecular formula is C14H19ClS. The van der Waals surface area contributed by atoms with E-state index in [2.05, 4.69) is 16.8 Å². The fourth-order valence-corrected chi connectivity index (χ4v) is 5.09. The van der Waals surface area contributed by atoms with Gasteiger partial charge in [-0.05, 0) is 71.7 Å². The molecule has 2 heteroatoms. The van der Waals surface area contributed by atoms with Crippen LogP contribution < -0.4 is 0 Å². The topological polar surface area (TPSA) is 0 Å². The highest BCUT2D eigenvalue weighted by atomic mass is 35.5. The summed E-state index contributed by atoms with van der Waals surface area (Å²) in [6, 6.07) is 2.26. The molecule has 16 heavy (non-hydrogen) atoms. The molecule has 1 aromatic rings. The fourth-order valence-electron chi connectivity index (χ4n) is 3.92. The van der Waals surface area contributed by atoms with Gasteiger partial charge in [0.05, 0.1) is 0 Å². The van der Waals surface area contributed by atoms with E-state index < -0.39 is 0 Å². The molecule has 0 nitrogen and oxygen atoms in total. The van der Waals surface area contributed by atoms with Gasteiger partial charge in [-0.2, -0.15) is 11.3 Å². The maximum Gasteiger partial charge on any atom is 0.0282 e. The highest BCUT2D eigenvalue weighted by molar-refractivity contribution is 7.07. The molecule has 0 radical (unpaired) electrons. The Labute approximate surface area is 107 Å². The Morgan fingerprint density at radius 1 is 1.44 bits per heavy atom. The quantitative estimate of drug-likeness (QED) is 0.682. The Morgan fingerprint density at radius 2 is 2.38 bits per heavy atom. The van der Waals surface area contributed by atoms with Gasteiger partial charge in [-0.15, -0.1) is 11.6 Å². The van der Waals surface area contributed by atoms with Gasteiger partial charge in [-0.25, -0.2) is 0 Å². The molecule has 0 amide bonds. The summed E-state index contributed by atoms with van der Waals surface area (Å²) >= 11 is 8.11. The predicted octanol–water partition coefficient (Wildman–Crippen LogP) is 4.73. The van der Waals surface area contributed by atoms with Crippen LogP contribution in [0, 0.1) is 17.3 Å². The van der Waals surface area contributed by atoms with Crippen molar-refractivity contribution in [1.29, 1.82) is 0 Å². The predicted molar refractivity (Wildman–Crippen MR) is 71.2 cm³/mol. The zero-order valence-electron chi connectivity index (χ0n) is 9.62. The van der Waals surface area contributed by atoms with Gasteiger partial charge in [0.15, 0.2) is 0 Å². The average Bonchev–Trinajstić information content (AvgIpc) is 3.02. The second kappa shape index (κ2) is 4.34. The van der Waals surface area contributed by atoms with Crippen LogP contribution in [0.3, 0.4) is 0 Å². The van der Waals surface area contributed by atoms with Crippen LogP contribution in [0.4, 0.5) is 0 Å². The first-order valence-electron chi connectivity index (χ1n) is 6.39. The summed E-state index contributed by atoms with van der Waals surface area (Å²) in [6.45, 7) is 0. The molecule has 0 aliphatic heterocycles. The maximum atomic E-state index is 6.30. The van der Waals surface area contributed by atoms with Crippen LogP contribution in [0.1, 0.15) is 37.7 Å². The number of rotatable bonds is 4. The lowest BCUT2D eigenvalue weighted by atomic mass is 9.71. The average molecular weight is 255 g/mol. The van der Waals surface area contributed by atoms with E-state index in [1.54, 1.807) is 0 Å². The second-order valence-electron chi connectivity index (χ2n) is 5.71. The van der Waals surface area contributed by atoms with Crippen molar-refractivity contribution in [2.45, 2.75) is 38.5 Å². The van der Waals surface area contributed by atoms with Gasteiger partial charge in [-0.1, -0.05) is 6.42 Å². The molecule has 0 saturated heterocycles. The van der Waals surface area contributed by atoms with E-state index in [0.717, 1.165) is 17.7 Å². The summed E-state index contributed by atoms with van der Waals surface area (Å²) in [4.78, 5) is 0. The molecule has 2 saturated carbocycles. The minimum absolute atomic E-state index is 0.492. The second-order valence-corrected chi connectivity index (χ2v) is 6.76. The van der Waals surface area contributed by atoms with Crippen molar-refractivity contribution >= 4 is 22.9 Å². The van der Waals surface area contributed by atoms with Gasteiger partial charge in [0.25, 0.3) is 0 Å². The van der Waals surface area contributed by atoms with Crippen LogP contribution in [0.5, 0.6) is 0 Å². The van der Waals surface area contributed by atoms with E-state index in [-0.39, 0.29) is 0 Å². The third-order valence-electron chi connectivity index (χ3n) is 4.86. The summed E-state index contributed by atoms with van der Waals surface area (Å²) in [6.07, 6.45) is 8.35. The number of halogens is 1. The van der Waals surface area contributed by atoms with Crippen molar-refractivity contribution in [3.63, 3.8) is 0 Å². The van der Waals surface area contributed by atoms with Gasteiger partial charge in [-0.3, -0.25) is 0 Å². The normalized spacial score (nSPS) is 37.1. The molecule has 3 rings (SSSR count). The molecule has 2 bridgehead atoms. The largest absolute Gasteiger partial charge is 0.152 e. The lowest BCUT2D eigenvalue weighted by Gasteiger charge is -2.36. The molecule has 2 aliphatic carbocycles. The fraction of sp³-hybridized carbons (Fsp3) is 0.714. The molecule has 1 heterocycles. The first-order valence-corrected chi connectivity index (χ1v) is 7.87. The van der Waals surface area contributed by atoms with E-state index in [0.29, 0.717) is 5.41 Å². The number of aryl methyl sites for hydroxylation is 1. The van der Waals surface area contributed by atoms with Crippen LogP contribution in [0.15, 0.2) is 16.8 Å². The highest BCUT2D eigenvalue weighted by Crippen LogP contribution is 2.58. The summed E-state index contributed by atoms with van der Waals surface area (Å²) in [7, 11) is 0. The minimum atomic E-state index is 0.492. The Morgan fingerprint density at radius 3 is 2.94 bits per heavy atom. The first-order chi connectivity index (χ1) is 7.82. The van der Waals surface area contributed by atoms with E-state index in [1.165, 1.54) is 44.1 Å². The maximum absolute atomic E-state index is 6.30. The lowest BCUT2D eigenvalue weighted by Crippen LogP contribution is -2.30. The van der Waals surface area contributed by atoms with Crippen molar-refractivity contribution < 1.29 is 0 Å². The summed E-state index contributed by atoms with van der Waals surface area (Å²) in [5.74, 6) is 2.83. The Bertz CT molecular complexity index is 346. The third kappa shape index (κ3) is 1.82. The molecule has 0 N–H and O–H groups in total. The number of hydrogen-bond acceptors (Lipinski definition) is 1. The smallest absolute Gasteiger partial charge is 0.0282 e. The number of alkyl halides is 1. The molecule has 0 aromatic carbocycles. The van der Waals surface area contributed by atoms with Crippen molar-refractivity contribution in [2.75, 3.05) is 5.88 Å². The summed E-state index contributed by atoms with van der Waals surface area (Å²) in [5, 5.41) is 4.47. The zero-order valence-corrected chi connectivity index (χ0v) is 11.2. The lowest BCUT2D eigenvalue weighted by molar-refractivity contribution is 0.178. The van der Waals surface area contributed by atoms with Crippen LogP contribution in [0.2, 0.25) is 0 Å². The monoisotopic (exact) mass is 254 g/mol. The van der Waals surface area contributed by atoms with E-state index in [1.807, 2.05) is 11.3 Å². The van der Waals surface area contributed by atoms with Crippen molar-refractivity contribution in [1.82, 2.24) is 0 Å². The van der Waals surface area contributed by atoms with E-state index in [9.17, 15) is 0 Å². The SMILES string of the molecule is ClCC1(CCc2ccsc2)CC2CCC1C2. The van der Waals surface area contributed by atoms with Gasteiger partial charge in [0.1, 0.15) is 0 Å². The van der Waals surface area contributed by atoms with Gasteiger partial charge in [0.2, 0.25) is 0 Å². The van der Waals surface area contributed by atoms with Crippen molar-refractivity contribution in [2.24, 2.45) is 17.3 Å². The molecule has 2 fully saturated rings.